The van der Waals surface area contributed by atoms with Crippen LogP contribution in [0.4, 0.5) is 0 Å². The number of rotatable bonds is 5. The first-order valence-electron chi connectivity index (χ1n) is 7.82. The maximum atomic E-state index is 6.49. The molecule has 2 atom stereocenters. The van der Waals surface area contributed by atoms with Crippen LogP contribution in [-0.4, -0.2) is 44.4 Å². The van der Waals surface area contributed by atoms with Crippen molar-refractivity contribution in [2.75, 3.05) is 33.4 Å². The Hall–Kier alpha value is -1.10. The Kier molecular flexibility index (Phi) is 5.62. The van der Waals surface area contributed by atoms with Crippen LogP contribution in [0.3, 0.4) is 0 Å². The van der Waals surface area contributed by atoms with Crippen LogP contribution in [0.2, 0.25) is 0 Å². The number of benzene rings is 1. The van der Waals surface area contributed by atoms with Gasteiger partial charge in [-0.1, -0.05) is 19.1 Å². The van der Waals surface area contributed by atoms with E-state index < -0.39 is 0 Å². The van der Waals surface area contributed by atoms with E-state index in [1.54, 1.807) is 7.11 Å². The summed E-state index contributed by atoms with van der Waals surface area (Å²) in [6.45, 7) is 10.1. The highest BCUT2D eigenvalue weighted by Crippen LogP contribution is 2.32. The summed E-state index contributed by atoms with van der Waals surface area (Å²) in [5.41, 5.74) is 9.92. The van der Waals surface area contributed by atoms with Crippen LogP contribution in [-0.2, 0) is 4.74 Å². The minimum absolute atomic E-state index is 0.0290. The average molecular weight is 292 g/mol. The van der Waals surface area contributed by atoms with Gasteiger partial charge in [-0.05, 0) is 37.9 Å². The zero-order valence-corrected chi connectivity index (χ0v) is 13.7. The lowest BCUT2D eigenvalue weighted by Crippen LogP contribution is -2.47. The molecule has 4 heteroatoms. The van der Waals surface area contributed by atoms with Crippen molar-refractivity contribution < 1.29 is 9.47 Å². The molecule has 2 N–H and O–H groups in total. The fourth-order valence-electron chi connectivity index (χ4n) is 3.01. The molecule has 2 unspecified atom stereocenters. The number of morpholine rings is 1. The van der Waals surface area contributed by atoms with E-state index in [1.807, 2.05) is 0 Å². The fourth-order valence-corrected chi connectivity index (χ4v) is 3.01. The molecule has 1 saturated heterocycles. The van der Waals surface area contributed by atoms with E-state index in [2.05, 4.69) is 37.8 Å². The standard InChI is InChI=1S/C17H28N2O2/c1-5-8-19-9-10-21-15(11-19)16(18)14-7-6-12(2)13(3)17(14)20-4/h6-7,15-16H,5,8-11,18H2,1-4H3. The number of methoxy groups -OCH3 is 1. The first kappa shape index (κ1) is 16.3. The van der Waals surface area contributed by atoms with Gasteiger partial charge >= 0.3 is 0 Å². The Labute approximate surface area is 128 Å². The van der Waals surface area contributed by atoms with E-state index in [-0.39, 0.29) is 12.1 Å². The second-order valence-corrected chi connectivity index (χ2v) is 5.87. The summed E-state index contributed by atoms with van der Waals surface area (Å²) < 4.78 is 11.5. The molecule has 0 spiro atoms. The van der Waals surface area contributed by atoms with Gasteiger partial charge in [0.05, 0.1) is 25.9 Å². The molecule has 4 nitrogen and oxygen atoms in total. The summed E-state index contributed by atoms with van der Waals surface area (Å²) in [4.78, 5) is 2.43. The van der Waals surface area contributed by atoms with Crippen LogP contribution >= 0.6 is 0 Å². The molecule has 1 aliphatic heterocycles. The summed E-state index contributed by atoms with van der Waals surface area (Å²) in [6.07, 6.45) is 1.19. The summed E-state index contributed by atoms with van der Waals surface area (Å²) in [5.74, 6) is 0.902. The lowest BCUT2D eigenvalue weighted by atomic mass is 9.95. The van der Waals surface area contributed by atoms with Gasteiger partial charge in [-0.2, -0.15) is 0 Å². The van der Waals surface area contributed by atoms with Crippen LogP contribution < -0.4 is 10.5 Å². The molecule has 1 heterocycles. The second kappa shape index (κ2) is 7.25. The van der Waals surface area contributed by atoms with Gasteiger partial charge in [-0.15, -0.1) is 0 Å². The predicted molar refractivity (Wildman–Crippen MR) is 85.9 cm³/mol. The lowest BCUT2D eigenvalue weighted by molar-refractivity contribution is -0.0410. The first-order valence-corrected chi connectivity index (χ1v) is 7.82. The number of nitrogens with zero attached hydrogens (tertiary/aromatic N) is 1. The first-order chi connectivity index (χ1) is 10.1. The van der Waals surface area contributed by atoms with Crippen LogP contribution in [0.5, 0.6) is 5.75 Å². The van der Waals surface area contributed by atoms with E-state index in [4.69, 9.17) is 15.2 Å². The van der Waals surface area contributed by atoms with E-state index >= 15 is 0 Å². The van der Waals surface area contributed by atoms with Gasteiger partial charge in [-0.25, -0.2) is 0 Å². The third kappa shape index (κ3) is 3.57. The number of ether oxygens (including phenoxy) is 2. The molecule has 0 amide bonds. The summed E-state index contributed by atoms with van der Waals surface area (Å²) >= 11 is 0. The Morgan fingerprint density at radius 1 is 1.43 bits per heavy atom. The Morgan fingerprint density at radius 2 is 2.19 bits per heavy atom. The molecule has 0 bridgehead atoms. The molecule has 1 aromatic carbocycles. The van der Waals surface area contributed by atoms with Gasteiger partial charge in [0.2, 0.25) is 0 Å². The highest BCUT2D eigenvalue weighted by molar-refractivity contribution is 5.47. The Bertz CT molecular complexity index is 474. The van der Waals surface area contributed by atoms with Crippen molar-refractivity contribution in [3.8, 4) is 5.75 Å². The van der Waals surface area contributed by atoms with Crippen molar-refractivity contribution >= 4 is 0 Å². The molecule has 1 aromatic rings. The van der Waals surface area contributed by atoms with Crippen molar-refractivity contribution in [1.82, 2.24) is 4.90 Å². The van der Waals surface area contributed by atoms with E-state index in [9.17, 15) is 0 Å². The topological polar surface area (TPSA) is 47.7 Å². The number of hydrogen-bond donors (Lipinski definition) is 1. The zero-order valence-electron chi connectivity index (χ0n) is 13.7. The Morgan fingerprint density at radius 3 is 2.86 bits per heavy atom. The average Bonchev–Trinajstić information content (AvgIpc) is 2.50. The van der Waals surface area contributed by atoms with Gasteiger partial charge in [-0.3, -0.25) is 4.90 Å². The van der Waals surface area contributed by atoms with Gasteiger partial charge in [0.1, 0.15) is 5.75 Å². The third-order valence-electron chi connectivity index (χ3n) is 4.39. The number of nitrogens with two attached hydrogens (primary N) is 1. The summed E-state index contributed by atoms with van der Waals surface area (Å²) in [7, 11) is 1.71. The molecular weight excluding hydrogens is 264 g/mol. The second-order valence-electron chi connectivity index (χ2n) is 5.87. The van der Waals surface area contributed by atoms with Crippen molar-refractivity contribution in [2.45, 2.75) is 39.3 Å². The van der Waals surface area contributed by atoms with Crippen molar-refractivity contribution in [1.29, 1.82) is 0 Å². The predicted octanol–water partition coefficient (Wildman–Crippen LogP) is 2.42. The van der Waals surface area contributed by atoms with Crippen LogP contribution in [0.25, 0.3) is 0 Å². The minimum Gasteiger partial charge on any atom is -0.496 e. The summed E-state index contributed by atoms with van der Waals surface area (Å²) in [5, 5.41) is 0. The third-order valence-corrected chi connectivity index (χ3v) is 4.39. The maximum Gasteiger partial charge on any atom is 0.126 e. The number of aryl methyl sites for hydroxylation is 1. The minimum atomic E-state index is -0.154. The SMILES string of the molecule is CCCN1CCOC(C(N)c2ccc(C)c(C)c2OC)C1. The molecule has 0 radical (unpaired) electrons. The number of hydrogen-bond acceptors (Lipinski definition) is 4. The van der Waals surface area contributed by atoms with E-state index in [1.165, 1.54) is 5.56 Å². The van der Waals surface area contributed by atoms with Gasteiger partial charge in [0, 0.05) is 18.7 Å². The van der Waals surface area contributed by atoms with Gasteiger partial charge in [0.25, 0.3) is 0 Å². The summed E-state index contributed by atoms with van der Waals surface area (Å²) in [6, 6.07) is 4.03. The Balaban J connectivity index is 2.19. The smallest absolute Gasteiger partial charge is 0.126 e. The monoisotopic (exact) mass is 292 g/mol. The molecule has 1 fully saturated rings. The van der Waals surface area contributed by atoms with E-state index in [0.717, 1.165) is 49.5 Å². The fraction of sp³-hybridized carbons (Fsp3) is 0.647. The quantitative estimate of drug-likeness (QED) is 0.905. The van der Waals surface area contributed by atoms with Gasteiger partial charge in [0.15, 0.2) is 0 Å². The zero-order chi connectivity index (χ0) is 15.4. The molecule has 1 aliphatic rings. The normalized spacial score (nSPS) is 21.3. The molecule has 118 valence electrons. The lowest BCUT2D eigenvalue weighted by Gasteiger charge is -2.36. The van der Waals surface area contributed by atoms with Crippen LogP contribution in [0, 0.1) is 13.8 Å². The largest absolute Gasteiger partial charge is 0.496 e. The maximum absolute atomic E-state index is 6.49. The van der Waals surface area contributed by atoms with Crippen LogP contribution in [0.1, 0.15) is 36.1 Å². The molecular formula is C17H28N2O2. The highest BCUT2D eigenvalue weighted by Gasteiger charge is 2.28. The van der Waals surface area contributed by atoms with Crippen molar-refractivity contribution in [3.63, 3.8) is 0 Å². The molecule has 21 heavy (non-hydrogen) atoms. The van der Waals surface area contributed by atoms with E-state index in [0.29, 0.717) is 0 Å². The molecule has 2 rings (SSSR count). The molecule has 0 aromatic heterocycles. The highest BCUT2D eigenvalue weighted by atomic mass is 16.5. The van der Waals surface area contributed by atoms with Crippen molar-refractivity contribution in [2.24, 2.45) is 5.73 Å². The molecule has 0 saturated carbocycles. The van der Waals surface area contributed by atoms with Gasteiger partial charge < -0.3 is 15.2 Å². The molecule has 0 aliphatic carbocycles. The van der Waals surface area contributed by atoms with Crippen LogP contribution in [0.15, 0.2) is 12.1 Å². The van der Waals surface area contributed by atoms with Crippen molar-refractivity contribution in [3.05, 3.63) is 28.8 Å².